The summed E-state index contributed by atoms with van der Waals surface area (Å²) in [4.78, 5) is 25.6. The number of halogens is 1. The molecule has 0 aliphatic heterocycles. The van der Waals surface area contributed by atoms with E-state index in [9.17, 15) is 14.7 Å². The first-order valence-electron chi connectivity index (χ1n) is 9.29. The van der Waals surface area contributed by atoms with Crippen LogP contribution in [0.2, 0.25) is 5.02 Å². The second kappa shape index (κ2) is 7.56. The lowest BCUT2D eigenvalue weighted by molar-refractivity contribution is -0.141. The Hall–Kier alpha value is -2.79. The summed E-state index contributed by atoms with van der Waals surface area (Å²) in [5.74, 6) is -1.63. The SMILES string of the molecule is COc1ccc2c(c1Cl)c(C(C(=O)O)C(C)(C)C)c(C)n2C(=O)c1ccccc1. The number of carboxylic acid groups (broad SMARTS) is 1. The Kier molecular flexibility index (Phi) is 5.46. The number of aliphatic carboxylic acids is 1. The highest BCUT2D eigenvalue weighted by atomic mass is 35.5. The van der Waals surface area contributed by atoms with E-state index in [-0.39, 0.29) is 5.91 Å². The van der Waals surface area contributed by atoms with Crippen molar-refractivity contribution in [3.8, 4) is 5.75 Å². The van der Waals surface area contributed by atoms with E-state index in [0.717, 1.165) is 0 Å². The Morgan fingerprint density at radius 1 is 1.10 bits per heavy atom. The van der Waals surface area contributed by atoms with Crippen molar-refractivity contribution in [3.05, 3.63) is 64.3 Å². The van der Waals surface area contributed by atoms with Crippen LogP contribution in [0.4, 0.5) is 0 Å². The first-order chi connectivity index (χ1) is 13.6. The summed E-state index contributed by atoms with van der Waals surface area (Å²) >= 11 is 6.64. The molecule has 152 valence electrons. The van der Waals surface area contributed by atoms with E-state index in [1.54, 1.807) is 47.9 Å². The van der Waals surface area contributed by atoms with Crippen molar-refractivity contribution in [2.45, 2.75) is 33.6 Å². The molecule has 2 aromatic carbocycles. The minimum atomic E-state index is -0.967. The highest BCUT2D eigenvalue weighted by Gasteiger charge is 2.38. The lowest BCUT2D eigenvalue weighted by Gasteiger charge is -2.28. The fourth-order valence-electron chi connectivity index (χ4n) is 3.88. The van der Waals surface area contributed by atoms with Gasteiger partial charge in [-0.3, -0.25) is 14.2 Å². The van der Waals surface area contributed by atoms with Crippen LogP contribution in [0.5, 0.6) is 5.75 Å². The van der Waals surface area contributed by atoms with Gasteiger partial charge in [-0.15, -0.1) is 0 Å². The van der Waals surface area contributed by atoms with Crippen molar-refractivity contribution < 1.29 is 19.4 Å². The molecule has 0 aliphatic carbocycles. The Bertz CT molecular complexity index is 1090. The van der Waals surface area contributed by atoms with Crippen molar-refractivity contribution in [3.63, 3.8) is 0 Å². The lowest BCUT2D eigenvalue weighted by Crippen LogP contribution is -2.27. The van der Waals surface area contributed by atoms with Gasteiger partial charge in [-0.25, -0.2) is 0 Å². The third kappa shape index (κ3) is 3.51. The zero-order valence-electron chi connectivity index (χ0n) is 17.1. The number of carboxylic acids is 1. The zero-order chi connectivity index (χ0) is 21.5. The molecule has 3 aromatic rings. The molecule has 1 unspecified atom stereocenters. The number of carbonyl (C=O) groups is 2. The topological polar surface area (TPSA) is 68.5 Å². The fourth-order valence-corrected chi connectivity index (χ4v) is 4.22. The molecule has 0 saturated heterocycles. The van der Waals surface area contributed by atoms with Crippen molar-refractivity contribution in [2.24, 2.45) is 5.41 Å². The molecule has 3 rings (SSSR count). The minimum absolute atomic E-state index is 0.237. The van der Waals surface area contributed by atoms with Crippen LogP contribution in [0, 0.1) is 12.3 Å². The highest BCUT2D eigenvalue weighted by molar-refractivity contribution is 6.37. The third-order valence-corrected chi connectivity index (χ3v) is 5.54. The van der Waals surface area contributed by atoms with Gasteiger partial charge < -0.3 is 9.84 Å². The quantitative estimate of drug-likeness (QED) is 0.611. The summed E-state index contributed by atoms with van der Waals surface area (Å²) in [6, 6.07) is 12.3. The first kappa shape index (κ1) is 20.9. The third-order valence-electron chi connectivity index (χ3n) is 5.17. The summed E-state index contributed by atoms with van der Waals surface area (Å²) in [5, 5.41) is 10.9. The highest BCUT2D eigenvalue weighted by Crippen LogP contribution is 2.46. The van der Waals surface area contributed by atoms with E-state index in [2.05, 4.69) is 0 Å². The van der Waals surface area contributed by atoms with E-state index >= 15 is 0 Å². The number of hydrogen-bond acceptors (Lipinski definition) is 3. The molecule has 29 heavy (non-hydrogen) atoms. The Morgan fingerprint density at radius 2 is 1.72 bits per heavy atom. The molecule has 1 N–H and O–H groups in total. The average Bonchev–Trinajstić information content (AvgIpc) is 2.94. The zero-order valence-corrected chi connectivity index (χ0v) is 17.9. The Balaban J connectivity index is 2.44. The number of benzene rings is 2. The van der Waals surface area contributed by atoms with Crippen LogP contribution >= 0.6 is 11.6 Å². The second-order valence-electron chi connectivity index (χ2n) is 8.12. The van der Waals surface area contributed by atoms with Crippen molar-refractivity contribution in [1.82, 2.24) is 4.57 Å². The van der Waals surface area contributed by atoms with Crippen molar-refractivity contribution in [2.75, 3.05) is 7.11 Å². The summed E-state index contributed by atoms with van der Waals surface area (Å²) in [6.45, 7) is 7.35. The van der Waals surface area contributed by atoms with E-state index in [1.807, 2.05) is 26.8 Å². The summed E-state index contributed by atoms with van der Waals surface area (Å²) < 4.78 is 6.90. The summed E-state index contributed by atoms with van der Waals surface area (Å²) in [7, 11) is 1.50. The molecule has 0 radical (unpaired) electrons. The van der Waals surface area contributed by atoms with Crippen LogP contribution in [-0.4, -0.2) is 28.7 Å². The summed E-state index contributed by atoms with van der Waals surface area (Å²) in [5.41, 5.74) is 1.57. The van der Waals surface area contributed by atoms with Gasteiger partial charge >= 0.3 is 5.97 Å². The largest absolute Gasteiger partial charge is 0.495 e. The van der Waals surface area contributed by atoms with Gasteiger partial charge in [0.05, 0.1) is 23.6 Å². The minimum Gasteiger partial charge on any atom is -0.495 e. The average molecular weight is 414 g/mol. The first-order valence-corrected chi connectivity index (χ1v) is 9.67. The lowest BCUT2D eigenvalue weighted by atomic mass is 9.75. The number of methoxy groups -OCH3 is 1. The van der Waals surface area contributed by atoms with Gasteiger partial charge in [0.1, 0.15) is 5.75 Å². The number of fused-ring (bicyclic) bond motifs is 1. The molecule has 0 spiro atoms. The molecule has 1 aromatic heterocycles. The van der Waals surface area contributed by atoms with Crippen LogP contribution in [0.1, 0.15) is 48.3 Å². The van der Waals surface area contributed by atoms with E-state index < -0.39 is 17.3 Å². The van der Waals surface area contributed by atoms with Gasteiger partial charge in [0.25, 0.3) is 5.91 Å². The second-order valence-corrected chi connectivity index (χ2v) is 8.50. The maximum absolute atomic E-state index is 13.3. The molecule has 0 bridgehead atoms. The monoisotopic (exact) mass is 413 g/mol. The number of carbonyl (C=O) groups excluding carboxylic acids is 1. The number of aromatic nitrogens is 1. The molecule has 0 amide bonds. The number of nitrogens with zero attached hydrogens (tertiary/aromatic N) is 1. The van der Waals surface area contributed by atoms with E-state index in [4.69, 9.17) is 16.3 Å². The Labute approximate surface area is 174 Å². The van der Waals surface area contributed by atoms with Crippen LogP contribution in [0.3, 0.4) is 0 Å². The molecule has 0 aliphatic rings. The number of hydrogen-bond donors (Lipinski definition) is 1. The van der Waals surface area contributed by atoms with Gasteiger partial charge in [-0.1, -0.05) is 50.6 Å². The van der Waals surface area contributed by atoms with Gasteiger partial charge in [-0.05, 0) is 42.2 Å². The maximum Gasteiger partial charge on any atom is 0.311 e. The Morgan fingerprint density at radius 3 is 2.24 bits per heavy atom. The molecule has 5 nitrogen and oxygen atoms in total. The smallest absolute Gasteiger partial charge is 0.311 e. The summed E-state index contributed by atoms with van der Waals surface area (Å²) in [6.07, 6.45) is 0. The standard InChI is InChI=1S/C23H24ClNO4/c1-13-17(19(22(27)28)23(2,3)4)18-15(11-12-16(29-5)20(18)24)25(13)21(26)14-9-7-6-8-10-14/h6-12,19H,1-5H3,(H,27,28). The van der Waals surface area contributed by atoms with Crippen LogP contribution in [0.25, 0.3) is 10.9 Å². The van der Waals surface area contributed by atoms with Gasteiger partial charge in [0, 0.05) is 16.6 Å². The normalized spacial score (nSPS) is 12.8. The molecular weight excluding hydrogens is 390 g/mol. The molecule has 1 atom stereocenters. The molecule has 6 heteroatoms. The predicted octanol–water partition coefficient (Wildman–Crippen LogP) is 5.51. The van der Waals surface area contributed by atoms with Crippen molar-refractivity contribution >= 4 is 34.4 Å². The predicted molar refractivity (Wildman–Crippen MR) is 114 cm³/mol. The van der Waals surface area contributed by atoms with Gasteiger partial charge in [0.15, 0.2) is 0 Å². The van der Waals surface area contributed by atoms with E-state index in [0.29, 0.717) is 38.5 Å². The van der Waals surface area contributed by atoms with E-state index in [1.165, 1.54) is 7.11 Å². The molecule has 0 fully saturated rings. The van der Waals surface area contributed by atoms with Gasteiger partial charge in [0.2, 0.25) is 0 Å². The fraction of sp³-hybridized carbons (Fsp3) is 0.304. The maximum atomic E-state index is 13.3. The molecule has 1 heterocycles. The van der Waals surface area contributed by atoms with Crippen LogP contribution in [0.15, 0.2) is 42.5 Å². The van der Waals surface area contributed by atoms with Crippen LogP contribution in [-0.2, 0) is 4.79 Å². The van der Waals surface area contributed by atoms with Crippen LogP contribution < -0.4 is 4.74 Å². The van der Waals surface area contributed by atoms with Crippen molar-refractivity contribution in [1.29, 1.82) is 0 Å². The number of ether oxygens (including phenoxy) is 1. The molecule has 0 saturated carbocycles. The molecular formula is C23H24ClNO4. The number of rotatable bonds is 4. The van der Waals surface area contributed by atoms with Gasteiger partial charge in [-0.2, -0.15) is 0 Å².